The molecule has 0 aromatic carbocycles. The van der Waals surface area contributed by atoms with Gasteiger partial charge in [-0.25, -0.2) is 0 Å². The van der Waals surface area contributed by atoms with E-state index >= 15 is 0 Å². The molecule has 5 rings (SSSR count). The van der Waals surface area contributed by atoms with Gasteiger partial charge < -0.3 is 48.8 Å². The number of carbonyl (C=O) groups excluding carboxylic acids is 1. The molecule has 2 saturated heterocycles. The van der Waals surface area contributed by atoms with Crippen LogP contribution in [-0.2, 0) is 33.2 Å². The molecule has 11 nitrogen and oxygen atoms in total. The lowest BCUT2D eigenvalue weighted by Gasteiger charge is -2.50. The van der Waals surface area contributed by atoms with Crippen molar-refractivity contribution in [1.29, 1.82) is 0 Å². The largest absolute Gasteiger partial charge is 0.465 e. The lowest BCUT2D eigenvalue weighted by atomic mass is 9.68. The molecule has 3 aliphatic carbocycles. The van der Waals surface area contributed by atoms with Crippen LogP contribution >= 0.6 is 0 Å². The van der Waals surface area contributed by atoms with E-state index in [1.54, 1.807) is 14.0 Å². The van der Waals surface area contributed by atoms with Gasteiger partial charge in [0.1, 0.15) is 30.5 Å². The van der Waals surface area contributed by atoms with Crippen LogP contribution in [0.2, 0.25) is 0 Å². The van der Waals surface area contributed by atoms with Gasteiger partial charge in [0, 0.05) is 31.3 Å². The molecule has 4 unspecified atom stereocenters. The minimum atomic E-state index is -1.50. The van der Waals surface area contributed by atoms with Gasteiger partial charge in [-0.2, -0.15) is 0 Å². The zero-order valence-electron chi connectivity index (χ0n) is 26.7. The van der Waals surface area contributed by atoms with Gasteiger partial charge in [-0.1, -0.05) is 37.6 Å². The number of fused-ring (bicyclic) bond motifs is 3. The summed E-state index contributed by atoms with van der Waals surface area (Å²) in [4.78, 5) is 11.7. The first kappa shape index (κ1) is 33.7. The van der Waals surface area contributed by atoms with Gasteiger partial charge in [0.25, 0.3) is 0 Å². The average molecular weight is 623 g/mol. The third kappa shape index (κ3) is 5.96. The van der Waals surface area contributed by atoms with Crippen LogP contribution in [0.5, 0.6) is 0 Å². The average Bonchev–Trinajstić information content (AvgIpc) is 3.49. The number of rotatable bonds is 8. The first-order chi connectivity index (χ1) is 20.7. The summed E-state index contributed by atoms with van der Waals surface area (Å²) in [5.74, 6) is -1.89. The smallest absolute Gasteiger partial charge is 0.302 e. The Kier molecular flexibility index (Phi) is 9.84. The van der Waals surface area contributed by atoms with E-state index in [0.29, 0.717) is 18.6 Å². The van der Waals surface area contributed by atoms with Gasteiger partial charge in [0.2, 0.25) is 0 Å². The van der Waals surface area contributed by atoms with E-state index in [2.05, 4.69) is 12.7 Å². The SMILES string of the molecule is C=CC1(C)OC[C@H]2O[C@@H](O[C@@H]3C4=C([C@H](C)COC(C)=O)C[C@H](O)[C@]4(C)/C=C4\C(CC[C@@H]4COC)[C@@H](C)[C@H]3O)C(O)C(O)[C@@H]2O1. The maximum Gasteiger partial charge on any atom is 0.302 e. The Morgan fingerprint density at radius 3 is 2.57 bits per heavy atom. The fraction of sp³-hybridized carbons (Fsp3) is 0.788. The highest BCUT2D eigenvalue weighted by Gasteiger charge is 2.56. The van der Waals surface area contributed by atoms with Crippen molar-refractivity contribution >= 4 is 5.97 Å². The second-order valence-corrected chi connectivity index (χ2v) is 13.7. The Morgan fingerprint density at radius 1 is 1.18 bits per heavy atom. The van der Waals surface area contributed by atoms with Crippen LogP contribution in [0.25, 0.3) is 0 Å². The Balaban J connectivity index is 1.55. The second-order valence-electron chi connectivity index (χ2n) is 13.7. The number of methoxy groups -OCH3 is 1. The number of hydrogen-bond donors (Lipinski definition) is 4. The zero-order valence-corrected chi connectivity index (χ0v) is 26.7. The minimum absolute atomic E-state index is 0.0354. The molecular weight excluding hydrogens is 572 g/mol. The van der Waals surface area contributed by atoms with Gasteiger partial charge in [-0.3, -0.25) is 4.79 Å². The molecule has 0 aromatic rings. The Bertz CT molecular complexity index is 1150. The van der Waals surface area contributed by atoms with Gasteiger partial charge in [0.15, 0.2) is 12.1 Å². The third-order valence-electron chi connectivity index (χ3n) is 10.7. The normalized spacial score (nSPS) is 47.4. The molecular formula is C33H50O11. The first-order valence-electron chi connectivity index (χ1n) is 15.8. The van der Waals surface area contributed by atoms with Crippen molar-refractivity contribution in [2.75, 3.05) is 26.9 Å². The molecule has 0 bridgehead atoms. The van der Waals surface area contributed by atoms with Gasteiger partial charge >= 0.3 is 5.97 Å². The maximum absolute atomic E-state index is 12.1. The molecule has 0 spiro atoms. The molecule has 4 N–H and O–H groups in total. The predicted octanol–water partition coefficient (Wildman–Crippen LogP) is 2.01. The van der Waals surface area contributed by atoms with E-state index < -0.39 is 66.2 Å². The summed E-state index contributed by atoms with van der Waals surface area (Å²) in [5.41, 5.74) is 1.74. The van der Waals surface area contributed by atoms with E-state index in [-0.39, 0.29) is 36.9 Å². The summed E-state index contributed by atoms with van der Waals surface area (Å²) < 4.78 is 35.4. The van der Waals surface area contributed by atoms with Crippen LogP contribution in [-0.4, -0.2) is 108 Å². The van der Waals surface area contributed by atoms with Crippen molar-refractivity contribution in [2.45, 2.75) is 109 Å². The van der Waals surface area contributed by atoms with Gasteiger partial charge in [-0.05, 0) is 56.6 Å². The minimum Gasteiger partial charge on any atom is -0.465 e. The monoisotopic (exact) mass is 622 g/mol. The van der Waals surface area contributed by atoms with Crippen LogP contribution in [0, 0.1) is 29.1 Å². The van der Waals surface area contributed by atoms with Crippen molar-refractivity contribution in [3.63, 3.8) is 0 Å². The van der Waals surface area contributed by atoms with Gasteiger partial charge in [-0.15, -0.1) is 0 Å². The molecule has 11 heteroatoms. The van der Waals surface area contributed by atoms with E-state index in [1.807, 2.05) is 20.8 Å². The highest BCUT2D eigenvalue weighted by Crippen LogP contribution is 2.56. The summed E-state index contributed by atoms with van der Waals surface area (Å²) in [6, 6.07) is 0. The number of aliphatic hydroxyl groups excluding tert-OH is 4. The van der Waals surface area contributed by atoms with E-state index in [4.69, 9.17) is 28.4 Å². The summed E-state index contributed by atoms with van der Waals surface area (Å²) in [7, 11) is 1.68. The predicted molar refractivity (Wildman–Crippen MR) is 158 cm³/mol. The highest BCUT2D eigenvalue weighted by molar-refractivity contribution is 5.65. The molecule has 0 amide bonds. The number of esters is 1. The standard InChI is InChI=1S/C33H50O11/c1-8-33(6)41-15-23-29(44-33)27(37)28(38)31(42-23)43-30-25-21(16(2)13-40-18(4)34)11-24(35)32(25,5)12-22-19(14-39-7)9-10-20(22)17(3)26(30)36/h8,12,16-17,19-20,23-24,26-31,35-38H,1,9-11,13-15H2,2-7H3/b22-12-/t16-,17-,19-,20?,23-,24+,26-,27?,28?,29-,30-,31+,32+,33?/m1/s1. The summed E-state index contributed by atoms with van der Waals surface area (Å²) >= 11 is 0. The van der Waals surface area contributed by atoms with E-state index in [0.717, 1.165) is 18.4 Å². The Morgan fingerprint density at radius 2 is 1.91 bits per heavy atom. The van der Waals surface area contributed by atoms with Crippen LogP contribution < -0.4 is 0 Å². The van der Waals surface area contributed by atoms with Crippen molar-refractivity contribution in [3.8, 4) is 0 Å². The maximum atomic E-state index is 12.1. The summed E-state index contributed by atoms with van der Waals surface area (Å²) in [5, 5.41) is 46.3. The first-order valence-corrected chi connectivity index (χ1v) is 15.8. The van der Waals surface area contributed by atoms with Crippen molar-refractivity contribution < 1.29 is 53.6 Å². The Labute approximate surface area is 259 Å². The van der Waals surface area contributed by atoms with E-state index in [9.17, 15) is 25.2 Å². The highest BCUT2D eigenvalue weighted by atomic mass is 16.8. The molecule has 3 fully saturated rings. The molecule has 1 saturated carbocycles. The molecule has 5 aliphatic rings. The number of ether oxygens (including phenoxy) is 6. The fourth-order valence-electron chi connectivity index (χ4n) is 8.00. The lowest BCUT2D eigenvalue weighted by Crippen LogP contribution is -2.65. The molecule has 14 atom stereocenters. The third-order valence-corrected chi connectivity index (χ3v) is 10.7. The van der Waals surface area contributed by atoms with Gasteiger partial charge in [0.05, 0.1) is 32.0 Å². The molecule has 248 valence electrons. The summed E-state index contributed by atoms with van der Waals surface area (Å²) in [6.45, 7) is 13.3. The van der Waals surface area contributed by atoms with Crippen molar-refractivity contribution in [1.82, 2.24) is 0 Å². The number of aliphatic hydroxyl groups is 4. The van der Waals surface area contributed by atoms with Crippen molar-refractivity contribution in [3.05, 3.63) is 35.5 Å². The number of hydrogen-bond acceptors (Lipinski definition) is 11. The fourth-order valence-corrected chi connectivity index (χ4v) is 8.00. The molecule has 0 radical (unpaired) electrons. The van der Waals surface area contributed by atoms with E-state index in [1.165, 1.54) is 18.6 Å². The zero-order chi connectivity index (χ0) is 32.1. The van der Waals surface area contributed by atoms with Crippen LogP contribution in [0.3, 0.4) is 0 Å². The topological polar surface area (TPSA) is 153 Å². The van der Waals surface area contributed by atoms with Crippen LogP contribution in [0.4, 0.5) is 0 Å². The molecule has 2 aliphatic heterocycles. The summed E-state index contributed by atoms with van der Waals surface area (Å²) in [6.07, 6.45) is -3.03. The molecule has 2 heterocycles. The van der Waals surface area contributed by atoms with Crippen molar-refractivity contribution in [2.24, 2.45) is 29.1 Å². The lowest BCUT2D eigenvalue weighted by molar-refractivity contribution is -0.380. The Hall–Kier alpha value is -1.67. The van der Waals surface area contributed by atoms with Crippen LogP contribution in [0.15, 0.2) is 35.5 Å². The van der Waals surface area contributed by atoms with Crippen LogP contribution in [0.1, 0.15) is 53.9 Å². The quantitative estimate of drug-likeness (QED) is 0.232. The molecule has 0 aromatic heterocycles. The molecule has 44 heavy (non-hydrogen) atoms. The number of carbonyl (C=O) groups is 1. The second kappa shape index (κ2) is 12.8.